The highest BCUT2D eigenvalue weighted by molar-refractivity contribution is 6.31. The van der Waals surface area contributed by atoms with Crippen molar-refractivity contribution in [3.8, 4) is 0 Å². The van der Waals surface area contributed by atoms with E-state index in [-0.39, 0.29) is 0 Å². The summed E-state index contributed by atoms with van der Waals surface area (Å²) in [6.45, 7) is 2.01. The largest absolute Gasteiger partial charge is 0.325 e. The van der Waals surface area contributed by atoms with Gasteiger partial charge in [0.05, 0.1) is 5.52 Å². The average Bonchev–Trinajstić information content (AvgIpc) is 2.42. The molecule has 0 radical (unpaired) electrons. The van der Waals surface area contributed by atoms with E-state index in [0.717, 1.165) is 33.1 Å². The molecule has 0 aliphatic heterocycles. The van der Waals surface area contributed by atoms with Gasteiger partial charge in [0, 0.05) is 16.6 Å². The summed E-state index contributed by atoms with van der Waals surface area (Å²) in [4.78, 5) is 8.82. The van der Waals surface area contributed by atoms with Crippen LogP contribution in [0.1, 0.15) is 5.56 Å². The van der Waals surface area contributed by atoms with E-state index in [1.54, 1.807) is 0 Å². The number of rotatable bonds is 2. The molecule has 0 bridgehead atoms. The van der Waals surface area contributed by atoms with Crippen molar-refractivity contribution in [3.63, 3.8) is 0 Å². The molecule has 0 amide bonds. The lowest BCUT2D eigenvalue weighted by Crippen LogP contribution is -1.96. The number of aryl methyl sites for hydroxylation is 1. The molecule has 0 aliphatic rings. The summed E-state index contributed by atoms with van der Waals surface area (Å²) >= 11 is 5.95. The molecule has 0 aliphatic carbocycles. The van der Waals surface area contributed by atoms with Crippen molar-refractivity contribution in [1.82, 2.24) is 9.97 Å². The Morgan fingerprint density at radius 2 is 1.84 bits per heavy atom. The minimum Gasteiger partial charge on any atom is -0.325 e. The van der Waals surface area contributed by atoms with Gasteiger partial charge in [-0.05, 0) is 48.9 Å². The molecule has 4 heteroatoms. The van der Waals surface area contributed by atoms with Crippen LogP contribution in [0, 0.1) is 6.92 Å². The van der Waals surface area contributed by atoms with Crippen LogP contribution in [0.2, 0.25) is 5.02 Å². The lowest BCUT2D eigenvalue weighted by atomic mass is 10.2. The number of anilines is 2. The molecule has 3 rings (SSSR count). The number of hydrogen-bond acceptors (Lipinski definition) is 3. The molecule has 2 aromatic heterocycles. The first-order valence-corrected chi connectivity index (χ1v) is 6.34. The van der Waals surface area contributed by atoms with Crippen LogP contribution in [0.4, 0.5) is 11.6 Å². The Balaban J connectivity index is 1.93. The monoisotopic (exact) mass is 269 g/mol. The van der Waals surface area contributed by atoms with Gasteiger partial charge in [-0.3, -0.25) is 0 Å². The van der Waals surface area contributed by atoms with E-state index in [0.29, 0.717) is 0 Å². The van der Waals surface area contributed by atoms with Crippen LogP contribution in [0.3, 0.4) is 0 Å². The zero-order chi connectivity index (χ0) is 13.2. The zero-order valence-electron chi connectivity index (χ0n) is 10.4. The van der Waals surface area contributed by atoms with Gasteiger partial charge in [-0.2, -0.15) is 0 Å². The molecule has 0 unspecified atom stereocenters. The van der Waals surface area contributed by atoms with E-state index in [1.165, 1.54) is 0 Å². The third kappa shape index (κ3) is 2.66. The van der Waals surface area contributed by atoms with Crippen molar-refractivity contribution in [2.45, 2.75) is 6.92 Å². The molecule has 0 atom stereocenters. The Bertz CT molecular complexity index is 723. The Hall–Kier alpha value is -2.13. The van der Waals surface area contributed by atoms with E-state index in [4.69, 9.17) is 11.6 Å². The predicted molar refractivity (Wildman–Crippen MR) is 79.0 cm³/mol. The molecule has 0 saturated carbocycles. The van der Waals surface area contributed by atoms with Crippen molar-refractivity contribution in [2.24, 2.45) is 0 Å². The van der Waals surface area contributed by atoms with Gasteiger partial charge < -0.3 is 5.32 Å². The summed E-state index contributed by atoms with van der Waals surface area (Å²) < 4.78 is 0. The first kappa shape index (κ1) is 11.9. The van der Waals surface area contributed by atoms with Gasteiger partial charge in [0.2, 0.25) is 0 Å². The average molecular weight is 270 g/mol. The zero-order valence-corrected chi connectivity index (χ0v) is 11.1. The number of aromatic nitrogens is 2. The smallest absolute Gasteiger partial charge is 0.132 e. The standard InChI is InChI=1S/C15H12ClN3/c1-10-2-6-14(17-9-10)19-15-7-3-11-8-12(16)4-5-13(11)18-15/h2-9H,1H3,(H,17,18,19). The second-order valence-corrected chi connectivity index (χ2v) is 4.82. The second kappa shape index (κ2) is 4.86. The minimum absolute atomic E-state index is 0.718. The van der Waals surface area contributed by atoms with E-state index in [2.05, 4.69) is 15.3 Å². The molecule has 1 aromatic carbocycles. The van der Waals surface area contributed by atoms with Gasteiger partial charge >= 0.3 is 0 Å². The third-order valence-electron chi connectivity index (χ3n) is 2.82. The maximum absolute atomic E-state index is 5.95. The first-order chi connectivity index (χ1) is 9.20. The van der Waals surface area contributed by atoms with Gasteiger partial charge in [0.1, 0.15) is 11.6 Å². The summed E-state index contributed by atoms with van der Waals surface area (Å²) in [7, 11) is 0. The number of hydrogen-bond donors (Lipinski definition) is 1. The molecule has 3 nitrogen and oxygen atoms in total. The van der Waals surface area contributed by atoms with E-state index in [9.17, 15) is 0 Å². The molecular formula is C15H12ClN3. The van der Waals surface area contributed by atoms with Crippen LogP contribution in [0.5, 0.6) is 0 Å². The SMILES string of the molecule is Cc1ccc(Nc2ccc3cc(Cl)ccc3n2)nc1. The molecule has 0 saturated heterocycles. The fourth-order valence-electron chi connectivity index (χ4n) is 1.84. The van der Waals surface area contributed by atoms with Crippen molar-refractivity contribution in [3.05, 3.63) is 59.2 Å². The Kier molecular flexibility index (Phi) is 3.05. The van der Waals surface area contributed by atoms with Gasteiger partial charge in [0.25, 0.3) is 0 Å². The predicted octanol–water partition coefficient (Wildman–Crippen LogP) is 4.34. The van der Waals surface area contributed by atoms with Crippen molar-refractivity contribution < 1.29 is 0 Å². The van der Waals surface area contributed by atoms with Gasteiger partial charge in [-0.15, -0.1) is 0 Å². The summed E-state index contributed by atoms with van der Waals surface area (Å²) in [5, 5.41) is 4.92. The number of halogens is 1. The first-order valence-electron chi connectivity index (χ1n) is 5.97. The summed E-state index contributed by atoms with van der Waals surface area (Å²) in [6.07, 6.45) is 1.82. The maximum atomic E-state index is 5.95. The van der Waals surface area contributed by atoms with Crippen molar-refractivity contribution in [1.29, 1.82) is 0 Å². The fraction of sp³-hybridized carbons (Fsp3) is 0.0667. The number of fused-ring (bicyclic) bond motifs is 1. The van der Waals surface area contributed by atoms with Crippen LogP contribution in [0.25, 0.3) is 10.9 Å². The lowest BCUT2D eigenvalue weighted by Gasteiger charge is -2.06. The molecule has 19 heavy (non-hydrogen) atoms. The molecule has 94 valence electrons. The highest BCUT2D eigenvalue weighted by Gasteiger charge is 2.00. The summed E-state index contributed by atoms with van der Waals surface area (Å²) in [5.74, 6) is 1.55. The van der Waals surface area contributed by atoms with Crippen LogP contribution in [0.15, 0.2) is 48.7 Å². The Labute approximate surface area is 116 Å². The lowest BCUT2D eigenvalue weighted by molar-refractivity contribution is 1.24. The van der Waals surface area contributed by atoms with E-state index >= 15 is 0 Å². The van der Waals surface area contributed by atoms with Crippen molar-refractivity contribution in [2.75, 3.05) is 5.32 Å². The molecule has 1 N–H and O–H groups in total. The molecular weight excluding hydrogens is 258 g/mol. The molecule has 0 spiro atoms. The van der Waals surface area contributed by atoms with Gasteiger partial charge in [-0.1, -0.05) is 17.7 Å². The third-order valence-corrected chi connectivity index (χ3v) is 3.05. The van der Waals surface area contributed by atoms with Crippen molar-refractivity contribution >= 4 is 34.1 Å². The molecule has 2 heterocycles. The maximum Gasteiger partial charge on any atom is 0.132 e. The van der Waals surface area contributed by atoms with Crippen LogP contribution in [-0.4, -0.2) is 9.97 Å². The second-order valence-electron chi connectivity index (χ2n) is 4.38. The summed E-state index contributed by atoms with van der Waals surface area (Å²) in [6, 6.07) is 13.5. The normalized spacial score (nSPS) is 10.6. The highest BCUT2D eigenvalue weighted by Crippen LogP contribution is 2.21. The quantitative estimate of drug-likeness (QED) is 0.752. The van der Waals surface area contributed by atoms with E-state index < -0.39 is 0 Å². The molecule has 3 aromatic rings. The molecule has 0 fully saturated rings. The highest BCUT2D eigenvalue weighted by atomic mass is 35.5. The van der Waals surface area contributed by atoms with Crippen LogP contribution >= 0.6 is 11.6 Å². The van der Waals surface area contributed by atoms with Crippen LogP contribution in [-0.2, 0) is 0 Å². The Morgan fingerprint density at radius 1 is 1.00 bits per heavy atom. The number of nitrogens with zero attached hydrogens (tertiary/aromatic N) is 2. The fourth-order valence-corrected chi connectivity index (χ4v) is 2.02. The summed E-state index contributed by atoms with van der Waals surface area (Å²) in [5.41, 5.74) is 2.04. The van der Waals surface area contributed by atoms with Crippen LogP contribution < -0.4 is 5.32 Å². The minimum atomic E-state index is 0.718. The number of pyridine rings is 2. The van der Waals surface area contributed by atoms with Gasteiger partial charge in [-0.25, -0.2) is 9.97 Å². The number of nitrogens with one attached hydrogen (secondary N) is 1. The number of benzene rings is 1. The Morgan fingerprint density at radius 3 is 2.63 bits per heavy atom. The topological polar surface area (TPSA) is 37.8 Å². The van der Waals surface area contributed by atoms with E-state index in [1.807, 2.05) is 55.6 Å². The van der Waals surface area contributed by atoms with Gasteiger partial charge in [0.15, 0.2) is 0 Å².